The molecule has 1 fully saturated rings. The molecule has 1 N–H and O–H groups in total. The molecule has 0 aromatic heterocycles. The third kappa shape index (κ3) is 2.71. The molecule has 0 spiro atoms. The van der Waals surface area contributed by atoms with Crippen LogP contribution in [0.5, 0.6) is 0 Å². The molecule has 0 aliphatic carbocycles. The summed E-state index contributed by atoms with van der Waals surface area (Å²) in [5, 5.41) is 8.44. The zero-order chi connectivity index (χ0) is 14.2. The smallest absolute Gasteiger partial charge is 0.327 e. The molecule has 0 saturated carbocycles. The van der Waals surface area contributed by atoms with E-state index < -0.39 is 28.2 Å². The third-order valence-electron chi connectivity index (χ3n) is 2.96. The Labute approximate surface area is 121 Å². The van der Waals surface area contributed by atoms with Crippen molar-refractivity contribution >= 4 is 38.6 Å². The van der Waals surface area contributed by atoms with Crippen LogP contribution in [0.3, 0.4) is 0 Å². The maximum atomic E-state index is 12.1. The largest absolute Gasteiger partial charge is 0.480 e. The molecule has 1 saturated heterocycles. The molecule has 5 nitrogen and oxygen atoms in total. The van der Waals surface area contributed by atoms with Gasteiger partial charge in [0.2, 0.25) is 5.91 Å². The van der Waals surface area contributed by atoms with Crippen molar-refractivity contribution in [1.82, 2.24) is 4.90 Å². The normalized spacial score (nSPS) is 26.4. The van der Waals surface area contributed by atoms with E-state index in [1.165, 1.54) is 11.8 Å². The van der Waals surface area contributed by atoms with E-state index in [-0.39, 0.29) is 11.7 Å². The van der Waals surface area contributed by atoms with Crippen molar-refractivity contribution < 1.29 is 18.9 Å². The van der Waals surface area contributed by atoms with E-state index in [9.17, 15) is 13.8 Å². The number of benzene rings is 1. The van der Waals surface area contributed by atoms with Gasteiger partial charge in [0, 0.05) is 11.4 Å². The van der Waals surface area contributed by atoms with Gasteiger partial charge >= 0.3 is 5.97 Å². The van der Waals surface area contributed by atoms with Crippen LogP contribution in [0, 0.1) is 0 Å². The van der Waals surface area contributed by atoms with Gasteiger partial charge in [-0.25, -0.2) is 4.79 Å². The lowest BCUT2D eigenvalue weighted by molar-refractivity contribution is -0.148. The molecule has 3 unspecified atom stereocenters. The Balaban J connectivity index is 2.42. The van der Waals surface area contributed by atoms with E-state index >= 15 is 0 Å². The van der Waals surface area contributed by atoms with Crippen molar-refractivity contribution in [2.75, 3.05) is 5.75 Å². The van der Waals surface area contributed by atoms with E-state index in [4.69, 9.17) is 5.11 Å². The molecule has 7 heteroatoms. The van der Waals surface area contributed by atoms with Crippen LogP contribution in [-0.2, 0) is 20.4 Å². The molecule has 1 aliphatic heterocycles. The van der Waals surface area contributed by atoms with Crippen LogP contribution >= 0.6 is 15.9 Å². The number of carbonyl (C=O) groups is 2. The Hall–Kier alpha value is -1.21. The fourth-order valence-corrected chi connectivity index (χ4v) is 4.20. The second-order valence-electron chi connectivity index (χ2n) is 4.23. The molecule has 3 atom stereocenters. The second kappa shape index (κ2) is 5.42. The van der Waals surface area contributed by atoms with E-state index in [1.807, 2.05) is 0 Å². The number of carboxylic acids is 1. The second-order valence-corrected chi connectivity index (χ2v) is 6.69. The summed E-state index contributed by atoms with van der Waals surface area (Å²) >= 11 is 3.30. The summed E-state index contributed by atoms with van der Waals surface area (Å²) in [5.74, 6) is -1.54. The van der Waals surface area contributed by atoms with E-state index in [0.717, 1.165) is 4.47 Å². The first-order chi connectivity index (χ1) is 8.91. The van der Waals surface area contributed by atoms with E-state index in [1.54, 1.807) is 24.3 Å². The van der Waals surface area contributed by atoms with Crippen LogP contribution < -0.4 is 0 Å². The molecule has 1 aromatic rings. The first kappa shape index (κ1) is 14.2. The summed E-state index contributed by atoms with van der Waals surface area (Å²) in [6.07, 6.45) is 0. The van der Waals surface area contributed by atoms with Crippen LogP contribution in [0.25, 0.3) is 0 Å². The Morgan fingerprint density at radius 2 is 1.95 bits per heavy atom. The molecule has 1 aromatic carbocycles. The molecule has 19 heavy (non-hydrogen) atoms. The van der Waals surface area contributed by atoms with Crippen LogP contribution in [0.1, 0.15) is 17.9 Å². The van der Waals surface area contributed by atoms with Gasteiger partial charge in [0.25, 0.3) is 0 Å². The summed E-state index contributed by atoms with van der Waals surface area (Å²) in [7, 11) is -1.41. The highest BCUT2D eigenvalue weighted by molar-refractivity contribution is 9.10. The average Bonchev–Trinajstić information content (AvgIpc) is 2.68. The predicted molar refractivity (Wildman–Crippen MR) is 73.8 cm³/mol. The van der Waals surface area contributed by atoms with E-state index in [0.29, 0.717) is 5.56 Å². The zero-order valence-electron chi connectivity index (χ0n) is 10.1. The van der Waals surface area contributed by atoms with Crippen molar-refractivity contribution in [2.24, 2.45) is 0 Å². The number of carbonyl (C=O) groups excluding carboxylic acids is 1. The lowest BCUT2D eigenvalue weighted by atomic mass is 10.2. The van der Waals surface area contributed by atoms with Crippen molar-refractivity contribution in [3.63, 3.8) is 0 Å². The summed E-state index contributed by atoms with van der Waals surface area (Å²) in [6.45, 7) is 1.30. The van der Waals surface area contributed by atoms with Crippen LogP contribution in [0.4, 0.5) is 0 Å². The van der Waals surface area contributed by atoms with Crippen molar-refractivity contribution in [3.8, 4) is 0 Å². The number of halogens is 1. The van der Waals surface area contributed by atoms with Crippen LogP contribution in [0.15, 0.2) is 28.7 Å². The predicted octanol–water partition coefficient (Wildman–Crippen LogP) is 1.51. The molecule has 102 valence electrons. The topological polar surface area (TPSA) is 74.7 Å². The summed E-state index contributed by atoms with van der Waals surface area (Å²) < 4.78 is 13.0. The Kier molecular flexibility index (Phi) is 4.05. The first-order valence-corrected chi connectivity index (χ1v) is 7.73. The number of hydrogen-bond donors (Lipinski definition) is 1. The van der Waals surface area contributed by atoms with Gasteiger partial charge in [-0.3, -0.25) is 9.00 Å². The minimum atomic E-state index is -1.41. The number of nitrogens with zero attached hydrogens (tertiary/aromatic N) is 1. The maximum absolute atomic E-state index is 12.1. The van der Waals surface area contributed by atoms with Gasteiger partial charge in [-0.15, -0.1) is 0 Å². The minimum Gasteiger partial charge on any atom is -0.480 e. The molecule has 1 heterocycles. The van der Waals surface area contributed by atoms with Crippen LogP contribution in [-0.4, -0.2) is 37.9 Å². The SMILES string of the molecule is CC(=O)N1C(C(=O)O)CS(=O)C1c1ccc(Br)cc1. The Morgan fingerprint density at radius 3 is 2.42 bits per heavy atom. The van der Waals surface area contributed by atoms with Crippen LogP contribution in [0.2, 0.25) is 0 Å². The number of hydrogen-bond acceptors (Lipinski definition) is 3. The van der Waals surface area contributed by atoms with Crippen molar-refractivity contribution in [2.45, 2.75) is 18.3 Å². The minimum absolute atomic E-state index is 0.0321. The van der Waals surface area contributed by atoms with E-state index in [2.05, 4.69) is 15.9 Å². The summed E-state index contributed by atoms with van der Waals surface area (Å²) in [4.78, 5) is 24.0. The lowest BCUT2D eigenvalue weighted by Crippen LogP contribution is -2.41. The number of amides is 1. The highest BCUT2D eigenvalue weighted by Crippen LogP contribution is 2.34. The van der Waals surface area contributed by atoms with Gasteiger partial charge < -0.3 is 10.0 Å². The zero-order valence-corrected chi connectivity index (χ0v) is 12.5. The molecule has 0 bridgehead atoms. The first-order valence-electron chi connectivity index (χ1n) is 5.56. The summed E-state index contributed by atoms with van der Waals surface area (Å²) in [6, 6.07) is 6.02. The fourth-order valence-electron chi connectivity index (χ4n) is 2.13. The molecular formula is C12H12BrNO4S. The Morgan fingerprint density at radius 1 is 1.37 bits per heavy atom. The monoisotopic (exact) mass is 345 g/mol. The molecular weight excluding hydrogens is 334 g/mol. The van der Waals surface area contributed by atoms with Gasteiger partial charge in [0.15, 0.2) is 0 Å². The average molecular weight is 346 g/mol. The van der Waals surface area contributed by atoms with Crippen molar-refractivity contribution in [3.05, 3.63) is 34.3 Å². The van der Waals surface area contributed by atoms with Gasteiger partial charge in [0.05, 0.1) is 16.6 Å². The highest BCUT2D eigenvalue weighted by atomic mass is 79.9. The molecule has 0 radical (unpaired) electrons. The molecule has 2 rings (SSSR count). The number of rotatable bonds is 2. The maximum Gasteiger partial charge on any atom is 0.327 e. The third-order valence-corrected chi connectivity index (χ3v) is 5.13. The fraction of sp³-hybridized carbons (Fsp3) is 0.333. The summed E-state index contributed by atoms with van der Waals surface area (Å²) in [5.41, 5.74) is 0.681. The quantitative estimate of drug-likeness (QED) is 0.881. The lowest BCUT2D eigenvalue weighted by Gasteiger charge is -2.25. The Bertz CT molecular complexity index is 545. The number of carboxylic acid groups (broad SMARTS) is 1. The standard InChI is InChI=1S/C12H12BrNO4S/c1-7(15)14-10(12(16)17)6-19(18)11(14)8-2-4-9(13)5-3-8/h2-5,10-11H,6H2,1H3,(H,16,17). The molecule has 1 aliphatic rings. The van der Waals surface area contributed by atoms with Gasteiger partial charge in [-0.05, 0) is 17.7 Å². The van der Waals surface area contributed by atoms with Crippen molar-refractivity contribution in [1.29, 1.82) is 0 Å². The highest BCUT2D eigenvalue weighted by Gasteiger charge is 2.45. The van der Waals surface area contributed by atoms with Gasteiger partial charge in [-0.2, -0.15) is 0 Å². The molecule has 1 amide bonds. The number of aliphatic carboxylic acids is 1. The van der Waals surface area contributed by atoms with Gasteiger partial charge in [-0.1, -0.05) is 28.1 Å². The van der Waals surface area contributed by atoms with Gasteiger partial charge in [0.1, 0.15) is 11.4 Å².